The molecule has 0 aliphatic heterocycles. The summed E-state index contributed by atoms with van der Waals surface area (Å²) in [5, 5.41) is 0. The van der Waals surface area contributed by atoms with Crippen LogP contribution in [0.1, 0.15) is 31.7 Å². The molecule has 1 atom stereocenters. The molecule has 1 N–H and O–H groups in total. The Kier molecular flexibility index (Phi) is 4.81. The predicted octanol–water partition coefficient (Wildman–Crippen LogP) is 4.28. The maximum atomic E-state index is 13.2. The van der Waals surface area contributed by atoms with Crippen LogP contribution < -0.4 is 4.72 Å². The van der Waals surface area contributed by atoms with Gasteiger partial charge in [-0.2, -0.15) is 0 Å². The van der Waals surface area contributed by atoms with Gasteiger partial charge in [-0.1, -0.05) is 32.0 Å². The Labute approximate surface area is 129 Å². The van der Waals surface area contributed by atoms with E-state index in [0.29, 0.717) is 11.8 Å². The topological polar surface area (TPSA) is 46.2 Å². The van der Waals surface area contributed by atoms with Crippen molar-refractivity contribution in [2.75, 3.05) is 4.72 Å². The minimum atomic E-state index is -3.97. The first kappa shape index (κ1) is 16.4. The molecule has 0 saturated heterocycles. The molecule has 0 fully saturated rings. The summed E-state index contributed by atoms with van der Waals surface area (Å²) in [6, 6.07) is 9.54. The van der Waals surface area contributed by atoms with E-state index in [1.165, 1.54) is 0 Å². The summed E-state index contributed by atoms with van der Waals surface area (Å²) in [6.07, 6.45) is 0.851. The van der Waals surface area contributed by atoms with Crippen molar-refractivity contribution in [1.29, 1.82) is 0 Å². The molecule has 0 aliphatic carbocycles. The highest BCUT2D eigenvalue weighted by atomic mass is 32.2. The highest BCUT2D eigenvalue weighted by molar-refractivity contribution is 7.92. The van der Waals surface area contributed by atoms with Crippen molar-refractivity contribution < 1.29 is 17.2 Å². The summed E-state index contributed by atoms with van der Waals surface area (Å²) in [7, 11) is -3.97. The number of para-hydroxylation sites is 1. The summed E-state index contributed by atoms with van der Waals surface area (Å²) in [5.74, 6) is -2.11. The van der Waals surface area contributed by atoms with Crippen molar-refractivity contribution in [1.82, 2.24) is 0 Å². The molecule has 0 aromatic heterocycles. The molecule has 2 aromatic carbocycles. The fraction of sp³-hybridized carbons (Fsp3) is 0.250. The molecule has 0 aliphatic rings. The van der Waals surface area contributed by atoms with Gasteiger partial charge in [0, 0.05) is 0 Å². The Morgan fingerprint density at radius 3 is 2.41 bits per heavy atom. The van der Waals surface area contributed by atoms with E-state index in [2.05, 4.69) is 4.72 Å². The molecular formula is C16H17F2NO2S. The molecule has 2 aromatic rings. The van der Waals surface area contributed by atoms with Crippen LogP contribution in [0, 0.1) is 11.6 Å². The number of nitrogens with one attached hydrogen (secondary N) is 1. The Morgan fingerprint density at radius 1 is 1.09 bits per heavy atom. The van der Waals surface area contributed by atoms with Gasteiger partial charge < -0.3 is 0 Å². The van der Waals surface area contributed by atoms with Gasteiger partial charge in [0.1, 0.15) is 0 Å². The maximum absolute atomic E-state index is 13.2. The first-order chi connectivity index (χ1) is 10.3. The van der Waals surface area contributed by atoms with Crippen LogP contribution in [0.5, 0.6) is 0 Å². The van der Waals surface area contributed by atoms with E-state index in [4.69, 9.17) is 0 Å². The monoisotopic (exact) mass is 325 g/mol. The normalized spacial score (nSPS) is 12.9. The highest BCUT2D eigenvalue weighted by Gasteiger charge is 2.19. The average molecular weight is 325 g/mol. The van der Waals surface area contributed by atoms with Crippen molar-refractivity contribution in [3.8, 4) is 0 Å². The Hall–Kier alpha value is -1.95. The van der Waals surface area contributed by atoms with Crippen molar-refractivity contribution >= 4 is 15.7 Å². The molecule has 0 amide bonds. The van der Waals surface area contributed by atoms with Crippen LogP contribution in [0.25, 0.3) is 0 Å². The van der Waals surface area contributed by atoms with E-state index in [0.717, 1.165) is 24.1 Å². The third-order valence-electron chi connectivity index (χ3n) is 3.55. The van der Waals surface area contributed by atoms with Gasteiger partial charge in [0.15, 0.2) is 11.6 Å². The molecular weight excluding hydrogens is 308 g/mol. The molecule has 0 unspecified atom stereocenters. The average Bonchev–Trinajstić information content (AvgIpc) is 2.49. The van der Waals surface area contributed by atoms with E-state index < -0.39 is 21.7 Å². The van der Waals surface area contributed by atoms with Gasteiger partial charge in [-0.15, -0.1) is 0 Å². The van der Waals surface area contributed by atoms with Crippen LogP contribution >= 0.6 is 0 Å². The van der Waals surface area contributed by atoms with E-state index in [1.807, 2.05) is 26.0 Å². The van der Waals surface area contributed by atoms with Crippen molar-refractivity contribution in [3.05, 3.63) is 59.7 Å². The first-order valence-electron chi connectivity index (χ1n) is 6.92. The minimum Gasteiger partial charge on any atom is -0.279 e. The fourth-order valence-electron chi connectivity index (χ4n) is 2.09. The molecule has 0 spiro atoms. The summed E-state index contributed by atoms with van der Waals surface area (Å²) in [5.41, 5.74) is 1.30. The molecule has 0 saturated carbocycles. The van der Waals surface area contributed by atoms with Crippen molar-refractivity contribution in [3.63, 3.8) is 0 Å². The largest absolute Gasteiger partial charge is 0.279 e. The predicted molar refractivity (Wildman–Crippen MR) is 82.3 cm³/mol. The van der Waals surface area contributed by atoms with E-state index in [1.54, 1.807) is 12.1 Å². The number of hydrogen-bond acceptors (Lipinski definition) is 2. The molecule has 0 radical (unpaired) electrons. The number of hydrogen-bond donors (Lipinski definition) is 1. The summed E-state index contributed by atoms with van der Waals surface area (Å²) >= 11 is 0. The third-order valence-corrected chi connectivity index (χ3v) is 4.91. The minimum absolute atomic E-state index is 0.170. The maximum Gasteiger partial charge on any atom is 0.262 e. The van der Waals surface area contributed by atoms with Crippen LogP contribution in [0.15, 0.2) is 47.4 Å². The lowest BCUT2D eigenvalue weighted by Gasteiger charge is -2.16. The summed E-state index contributed by atoms with van der Waals surface area (Å²) in [6.45, 7) is 4.00. The van der Waals surface area contributed by atoms with E-state index >= 15 is 0 Å². The zero-order valence-electron chi connectivity index (χ0n) is 12.3. The first-order valence-corrected chi connectivity index (χ1v) is 8.40. The molecule has 2 rings (SSSR count). The van der Waals surface area contributed by atoms with Gasteiger partial charge in [0.2, 0.25) is 0 Å². The molecule has 118 valence electrons. The smallest absolute Gasteiger partial charge is 0.262 e. The van der Waals surface area contributed by atoms with Crippen LogP contribution in [-0.2, 0) is 10.0 Å². The van der Waals surface area contributed by atoms with Crippen LogP contribution in [-0.4, -0.2) is 8.42 Å². The molecule has 0 bridgehead atoms. The van der Waals surface area contributed by atoms with Crippen molar-refractivity contribution in [2.45, 2.75) is 31.1 Å². The highest BCUT2D eigenvalue weighted by Crippen LogP contribution is 2.28. The zero-order chi connectivity index (χ0) is 16.3. The molecule has 22 heavy (non-hydrogen) atoms. The van der Waals surface area contributed by atoms with Gasteiger partial charge >= 0.3 is 0 Å². The Bertz CT molecular complexity index is 775. The number of rotatable bonds is 5. The number of halogens is 2. The SMILES string of the molecule is CC[C@@H](C)c1ccccc1NS(=O)(=O)c1ccc(F)c(F)c1. The second-order valence-electron chi connectivity index (χ2n) is 5.08. The van der Waals surface area contributed by atoms with Gasteiger partial charge in [0.05, 0.1) is 10.6 Å². The fourth-order valence-corrected chi connectivity index (χ4v) is 3.19. The molecule has 3 nitrogen and oxygen atoms in total. The quantitative estimate of drug-likeness (QED) is 0.892. The lowest BCUT2D eigenvalue weighted by molar-refractivity contribution is 0.504. The number of anilines is 1. The van der Waals surface area contributed by atoms with Crippen LogP contribution in [0.4, 0.5) is 14.5 Å². The molecule has 0 heterocycles. The molecule has 6 heteroatoms. The van der Waals surface area contributed by atoms with Gasteiger partial charge in [-0.3, -0.25) is 4.72 Å². The standard InChI is InChI=1S/C16H17F2NO2S/c1-3-11(2)13-6-4-5-7-16(13)19-22(20,21)12-8-9-14(17)15(18)10-12/h4-11,19H,3H2,1-2H3/t11-/m1/s1. The second-order valence-corrected chi connectivity index (χ2v) is 6.76. The van der Waals surface area contributed by atoms with Gasteiger partial charge in [0.25, 0.3) is 10.0 Å². The van der Waals surface area contributed by atoms with Gasteiger partial charge in [-0.25, -0.2) is 17.2 Å². The van der Waals surface area contributed by atoms with E-state index in [-0.39, 0.29) is 10.8 Å². The number of benzene rings is 2. The lowest BCUT2D eigenvalue weighted by atomic mass is 9.97. The summed E-state index contributed by atoms with van der Waals surface area (Å²) in [4.78, 5) is -0.314. The lowest BCUT2D eigenvalue weighted by Crippen LogP contribution is -2.15. The number of sulfonamides is 1. The van der Waals surface area contributed by atoms with E-state index in [9.17, 15) is 17.2 Å². The van der Waals surface area contributed by atoms with Crippen LogP contribution in [0.2, 0.25) is 0 Å². The summed E-state index contributed by atoms with van der Waals surface area (Å²) < 4.78 is 53.3. The van der Waals surface area contributed by atoms with Gasteiger partial charge in [-0.05, 0) is 42.2 Å². The Morgan fingerprint density at radius 2 is 1.77 bits per heavy atom. The van der Waals surface area contributed by atoms with Crippen LogP contribution in [0.3, 0.4) is 0 Å². The zero-order valence-corrected chi connectivity index (χ0v) is 13.1. The Balaban J connectivity index is 2.39. The van der Waals surface area contributed by atoms with Crippen molar-refractivity contribution in [2.24, 2.45) is 0 Å². The second kappa shape index (κ2) is 6.44. The third kappa shape index (κ3) is 3.44.